The molecule has 2 aromatic rings. The van der Waals surface area contributed by atoms with Crippen LogP contribution in [0.25, 0.3) is 0 Å². The van der Waals surface area contributed by atoms with Crippen molar-refractivity contribution in [3.63, 3.8) is 0 Å². The molecule has 2 amide bonds. The normalized spacial score (nSPS) is 13.6. The molecule has 1 saturated heterocycles. The number of methoxy groups -OCH3 is 3. The molecule has 0 radical (unpaired) electrons. The maximum absolute atomic E-state index is 12.8. The molecular weight excluding hydrogens is 408 g/mol. The van der Waals surface area contributed by atoms with Crippen LogP contribution in [0, 0.1) is 0 Å². The fourth-order valence-electron chi connectivity index (χ4n) is 3.98. The van der Waals surface area contributed by atoms with Crippen molar-refractivity contribution in [1.82, 2.24) is 9.80 Å². The molecule has 1 fully saturated rings. The Bertz CT molecular complexity index is 883. The number of ether oxygens (including phenoxy) is 3. The first-order valence-corrected chi connectivity index (χ1v) is 10.9. The topological polar surface area (TPSA) is 68.3 Å². The maximum atomic E-state index is 12.8. The molecule has 3 rings (SSSR count). The predicted octanol–water partition coefficient (Wildman–Crippen LogP) is 2.95. The highest BCUT2D eigenvalue weighted by molar-refractivity contribution is 5.80. The SMILES string of the molecule is COc1cc(CC(=O)N2CCN(C(=O)CCCc3ccccc3)CC2)cc(OC)c1OC. The van der Waals surface area contributed by atoms with Crippen molar-refractivity contribution < 1.29 is 23.8 Å². The summed E-state index contributed by atoms with van der Waals surface area (Å²) < 4.78 is 16.1. The van der Waals surface area contributed by atoms with E-state index in [0.717, 1.165) is 18.4 Å². The van der Waals surface area contributed by atoms with Crippen LogP contribution in [0.1, 0.15) is 24.0 Å². The van der Waals surface area contributed by atoms with Crippen molar-refractivity contribution >= 4 is 11.8 Å². The molecule has 1 heterocycles. The van der Waals surface area contributed by atoms with Crippen molar-refractivity contribution in [1.29, 1.82) is 0 Å². The molecule has 1 aliphatic heterocycles. The lowest BCUT2D eigenvalue weighted by Crippen LogP contribution is -2.51. The van der Waals surface area contributed by atoms with Gasteiger partial charge in [0.05, 0.1) is 27.8 Å². The van der Waals surface area contributed by atoms with Crippen LogP contribution in [-0.2, 0) is 22.4 Å². The van der Waals surface area contributed by atoms with E-state index in [1.165, 1.54) is 5.56 Å². The minimum Gasteiger partial charge on any atom is -0.493 e. The summed E-state index contributed by atoms with van der Waals surface area (Å²) in [7, 11) is 4.66. The van der Waals surface area contributed by atoms with Crippen LogP contribution in [0.5, 0.6) is 17.2 Å². The van der Waals surface area contributed by atoms with Crippen molar-refractivity contribution in [2.24, 2.45) is 0 Å². The fourth-order valence-corrected chi connectivity index (χ4v) is 3.98. The number of carbonyl (C=O) groups is 2. The van der Waals surface area contributed by atoms with Gasteiger partial charge in [-0.1, -0.05) is 30.3 Å². The van der Waals surface area contributed by atoms with Gasteiger partial charge in [0.1, 0.15) is 0 Å². The van der Waals surface area contributed by atoms with Crippen LogP contribution in [0.4, 0.5) is 0 Å². The molecule has 32 heavy (non-hydrogen) atoms. The van der Waals surface area contributed by atoms with Gasteiger partial charge in [-0.3, -0.25) is 9.59 Å². The van der Waals surface area contributed by atoms with Crippen molar-refractivity contribution in [3.8, 4) is 17.2 Å². The minimum atomic E-state index is 0.0236. The third-order valence-electron chi connectivity index (χ3n) is 5.76. The molecule has 0 N–H and O–H groups in total. The van der Waals surface area contributed by atoms with E-state index in [1.54, 1.807) is 33.5 Å². The number of carbonyl (C=O) groups excluding carboxylic acids is 2. The molecule has 0 aliphatic carbocycles. The molecule has 0 aromatic heterocycles. The molecule has 0 bridgehead atoms. The Morgan fingerprint density at radius 1 is 0.781 bits per heavy atom. The lowest BCUT2D eigenvalue weighted by molar-refractivity contribution is -0.139. The highest BCUT2D eigenvalue weighted by atomic mass is 16.5. The molecule has 2 aromatic carbocycles. The van der Waals surface area contributed by atoms with Gasteiger partial charge in [-0.2, -0.15) is 0 Å². The van der Waals surface area contributed by atoms with Gasteiger partial charge in [0.2, 0.25) is 17.6 Å². The lowest BCUT2D eigenvalue weighted by Gasteiger charge is -2.35. The van der Waals surface area contributed by atoms with Crippen molar-refractivity contribution in [2.45, 2.75) is 25.7 Å². The Labute approximate surface area is 189 Å². The first-order valence-electron chi connectivity index (χ1n) is 10.9. The van der Waals surface area contributed by atoms with Gasteiger partial charge >= 0.3 is 0 Å². The lowest BCUT2D eigenvalue weighted by atomic mass is 10.1. The third-order valence-corrected chi connectivity index (χ3v) is 5.76. The molecule has 0 spiro atoms. The third kappa shape index (κ3) is 5.93. The standard InChI is InChI=1S/C25H32N2O5/c1-30-21-16-20(17-22(31-2)25(21)32-3)18-24(29)27-14-12-26(13-15-27)23(28)11-7-10-19-8-5-4-6-9-19/h4-6,8-9,16-17H,7,10-15,18H2,1-3H3. The summed E-state index contributed by atoms with van der Waals surface area (Å²) in [5, 5.41) is 0. The van der Waals surface area contributed by atoms with Crippen LogP contribution in [0.15, 0.2) is 42.5 Å². The number of hydrogen-bond acceptors (Lipinski definition) is 5. The zero-order chi connectivity index (χ0) is 22.9. The first-order chi connectivity index (χ1) is 15.5. The van der Waals surface area contributed by atoms with Crippen LogP contribution in [-0.4, -0.2) is 69.1 Å². The number of nitrogens with zero attached hydrogens (tertiary/aromatic N) is 2. The number of rotatable bonds is 9. The number of piperazine rings is 1. The van der Waals surface area contributed by atoms with Crippen LogP contribution in [0.3, 0.4) is 0 Å². The summed E-state index contributed by atoms with van der Waals surface area (Å²) in [6, 6.07) is 13.8. The monoisotopic (exact) mass is 440 g/mol. The fraction of sp³-hybridized carbons (Fsp3) is 0.440. The number of aryl methyl sites for hydroxylation is 1. The van der Waals surface area contributed by atoms with Crippen LogP contribution in [0.2, 0.25) is 0 Å². The Kier molecular flexibility index (Phi) is 8.36. The average Bonchev–Trinajstić information content (AvgIpc) is 2.84. The van der Waals surface area contributed by atoms with E-state index in [-0.39, 0.29) is 18.2 Å². The van der Waals surface area contributed by atoms with Crippen molar-refractivity contribution in [3.05, 3.63) is 53.6 Å². The van der Waals surface area contributed by atoms with Gasteiger partial charge in [-0.05, 0) is 36.1 Å². The second-order valence-corrected chi connectivity index (χ2v) is 7.81. The van der Waals surface area contributed by atoms with E-state index in [9.17, 15) is 9.59 Å². The molecule has 7 nitrogen and oxygen atoms in total. The second kappa shape index (κ2) is 11.4. The molecule has 0 atom stereocenters. The van der Waals surface area contributed by atoms with Gasteiger partial charge in [-0.15, -0.1) is 0 Å². The second-order valence-electron chi connectivity index (χ2n) is 7.81. The molecule has 0 unspecified atom stereocenters. The van der Waals surface area contributed by atoms with Crippen LogP contribution >= 0.6 is 0 Å². The van der Waals surface area contributed by atoms with E-state index < -0.39 is 0 Å². The van der Waals surface area contributed by atoms with Gasteiger partial charge in [0.15, 0.2) is 11.5 Å². The van der Waals surface area contributed by atoms with Gasteiger partial charge in [0, 0.05) is 32.6 Å². The summed E-state index contributed by atoms with van der Waals surface area (Å²) in [6.45, 7) is 2.25. The highest BCUT2D eigenvalue weighted by Crippen LogP contribution is 2.38. The van der Waals surface area contributed by atoms with E-state index >= 15 is 0 Å². The molecule has 7 heteroatoms. The Morgan fingerprint density at radius 3 is 1.88 bits per heavy atom. The predicted molar refractivity (Wildman–Crippen MR) is 122 cm³/mol. The quantitative estimate of drug-likeness (QED) is 0.600. The maximum Gasteiger partial charge on any atom is 0.227 e. The number of hydrogen-bond donors (Lipinski definition) is 0. The Morgan fingerprint density at radius 2 is 1.34 bits per heavy atom. The van der Waals surface area contributed by atoms with E-state index in [0.29, 0.717) is 49.8 Å². The summed E-state index contributed by atoms with van der Waals surface area (Å²) in [5.41, 5.74) is 2.05. The average molecular weight is 441 g/mol. The Balaban J connectivity index is 1.48. The highest BCUT2D eigenvalue weighted by Gasteiger charge is 2.24. The molecule has 0 saturated carbocycles. The summed E-state index contributed by atoms with van der Waals surface area (Å²) in [6.07, 6.45) is 2.51. The first kappa shape index (κ1) is 23.4. The zero-order valence-corrected chi connectivity index (χ0v) is 19.1. The van der Waals surface area contributed by atoms with Gasteiger partial charge < -0.3 is 24.0 Å². The number of benzene rings is 2. The van der Waals surface area contributed by atoms with Gasteiger partial charge in [0.25, 0.3) is 0 Å². The minimum absolute atomic E-state index is 0.0236. The van der Waals surface area contributed by atoms with E-state index in [2.05, 4.69) is 12.1 Å². The molecule has 172 valence electrons. The largest absolute Gasteiger partial charge is 0.493 e. The summed E-state index contributed by atoms with van der Waals surface area (Å²) >= 11 is 0. The van der Waals surface area contributed by atoms with Crippen LogP contribution < -0.4 is 14.2 Å². The summed E-state index contributed by atoms with van der Waals surface area (Å²) in [5.74, 6) is 1.75. The van der Waals surface area contributed by atoms with E-state index in [4.69, 9.17) is 14.2 Å². The molecule has 1 aliphatic rings. The van der Waals surface area contributed by atoms with E-state index in [1.807, 2.05) is 28.0 Å². The van der Waals surface area contributed by atoms with Crippen molar-refractivity contribution in [2.75, 3.05) is 47.5 Å². The smallest absolute Gasteiger partial charge is 0.227 e. The Hall–Kier alpha value is -3.22. The summed E-state index contributed by atoms with van der Waals surface area (Å²) in [4.78, 5) is 29.1. The number of amides is 2. The van der Waals surface area contributed by atoms with Gasteiger partial charge in [-0.25, -0.2) is 0 Å². The zero-order valence-electron chi connectivity index (χ0n) is 19.1. The molecular formula is C25H32N2O5.